The van der Waals surface area contributed by atoms with Gasteiger partial charge in [0, 0.05) is 29.6 Å². The van der Waals surface area contributed by atoms with Gasteiger partial charge in [0.05, 0.1) is 0 Å². The zero-order valence-electron chi connectivity index (χ0n) is 8.66. The fraction of sp³-hybridized carbons (Fsp3) is 0.182. The Hall–Kier alpha value is -1.29. The molecule has 0 aliphatic carbocycles. The highest BCUT2D eigenvalue weighted by atomic mass is 79.9. The van der Waals surface area contributed by atoms with Crippen LogP contribution in [0.15, 0.2) is 35.1 Å². The van der Waals surface area contributed by atoms with Crippen LogP contribution in [0.5, 0.6) is 0 Å². The van der Waals surface area contributed by atoms with Gasteiger partial charge in [0.2, 0.25) is 5.95 Å². The van der Waals surface area contributed by atoms with Gasteiger partial charge in [0.15, 0.2) is 0 Å². The standard InChI is InChI=1S/C11H12BrN3/c1-8-7-9(12)3-4-10(8)14-11-13-5-6-15(11)2/h3-7H,1-2H3,(H,13,14). The van der Waals surface area contributed by atoms with Crippen molar-refractivity contribution in [1.82, 2.24) is 9.55 Å². The maximum absolute atomic E-state index is 4.21. The first kappa shape index (κ1) is 10.2. The topological polar surface area (TPSA) is 29.9 Å². The minimum Gasteiger partial charge on any atom is -0.325 e. The molecule has 1 N–H and O–H groups in total. The van der Waals surface area contributed by atoms with Gasteiger partial charge in [-0.25, -0.2) is 4.98 Å². The first-order valence-electron chi connectivity index (χ1n) is 4.67. The Bertz CT molecular complexity index is 476. The van der Waals surface area contributed by atoms with Gasteiger partial charge in [-0.1, -0.05) is 15.9 Å². The van der Waals surface area contributed by atoms with Gasteiger partial charge < -0.3 is 9.88 Å². The summed E-state index contributed by atoms with van der Waals surface area (Å²) in [5, 5.41) is 3.28. The summed E-state index contributed by atoms with van der Waals surface area (Å²) >= 11 is 3.44. The maximum atomic E-state index is 4.21. The predicted octanol–water partition coefficient (Wildman–Crippen LogP) is 3.23. The molecule has 3 nitrogen and oxygen atoms in total. The van der Waals surface area contributed by atoms with E-state index in [0.29, 0.717) is 0 Å². The Balaban J connectivity index is 2.29. The number of rotatable bonds is 2. The SMILES string of the molecule is Cc1cc(Br)ccc1Nc1nccn1C. The van der Waals surface area contributed by atoms with Crippen LogP contribution in [0.4, 0.5) is 11.6 Å². The van der Waals surface area contributed by atoms with Crippen LogP contribution in [-0.2, 0) is 7.05 Å². The maximum Gasteiger partial charge on any atom is 0.207 e. The lowest BCUT2D eigenvalue weighted by atomic mass is 10.2. The average molecular weight is 266 g/mol. The van der Waals surface area contributed by atoms with E-state index in [-0.39, 0.29) is 0 Å². The highest BCUT2D eigenvalue weighted by Crippen LogP contribution is 2.22. The number of hydrogen-bond donors (Lipinski definition) is 1. The highest BCUT2D eigenvalue weighted by Gasteiger charge is 2.02. The number of nitrogens with zero attached hydrogens (tertiary/aromatic N) is 2. The Morgan fingerprint density at radius 1 is 1.40 bits per heavy atom. The molecule has 1 aromatic carbocycles. The van der Waals surface area contributed by atoms with Gasteiger partial charge in [0.1, 0.15) is 0 Å². The van der Waals surface area contributed by atoms with E-state index < -0.39 is 0 Å². The zero-order valence-corrected chi connectivity index (χ0v) is 10.2. The third-order valence-corrected chi connectivity index (χ3v) is 2.75. The second-order valence-electron chi connectivity index (χ2n) is 3.45. The number of nitrogens with one attached hydrogen (secondary N) is 1. The molecule has 0 fully saturated rings. The lowest BCUT2D eigenvalue weighted by Gasteiger charge is -2.09. The van der Waals surface area contributed by atoms with Crippen molar-refractivity contribution in [1.29, 1.82) is 0 Å². The van der Waals surface area contributed by atoms with Crippen LogP contribution in [-0.4, -0.2) is 9.55 Å². The second-order valence-corrected chi connectivity index (χ2v) is 4.36. The van der Waals surface area contributed by atoms with Gasteiger partial charge >= 0.3 is 0 Å². The molecule has 0 amide bonds. The first-order valence-corrected chi connectivity index (χ1v) is 5.46. The number of imidazole rings is 1. The summed E-state index contributed by atoms with van der Waals surface area (Å²) in [5.41, 5.74) is 2.26. The largest absolute Gasteiger partial charge is 0.325 e. The van der Waals surface area contributed by atoms with Gasteiger partial charge in [0.25, 0.3) is 0 Å². The summed E-state index contributed by atoms with van der Waals surface area (Å²) in [6, 6.07) is 6.12. The van der Waals surface area contributed by atoms with Crippen LogP contribution in [0.3, 0.4) is 0 Å². The molecule has 0 atom stereocenters. The molecule has 0 unspecified atom stereocenters. The van der Waals surface area contributed by atoms with Crippen molar-refractivity contribution >= 4 is 27.6 Å². The van der Waals surface area contributed by atoms with Crippen molar-refractivity contribution < 1.29 is 0 Å². The van der Waals surface area contributed by atoms with Crippen LogP contribution in [0.2, 0.25) is 0 Å². The molecule has 4 heteroatoms. The number of hydrogen-bond acceptors (Lipinski definition) is 2. The van der Waals surface area contributed by atoms with Crippen molar-refractivity contribution in [2.24, 2.45) is 7.05 Å². The number of halogens is 1. The monoisotopic (exact) mass is 265 g/mol. The van der Waals surface area contributed by atoms with Gasteiger partial charge in [-0.3, -0.25) is 0 Å². The fourth-order valence-corrected chi connectivity index (χ4v) is 1.85. The first-order chi connectivity index (χ1) is 7.16. The molecule has 0 saturated carbocycles. The number of benzene rings is 1. The highest BCUT2D eigenvalue weighted by molar-refractivity contribution is 9.10. The van der Waals surface area contributed by atoms with Crippen molar-refractivity contribution in [3.63, 3.8) is 0 Å². The molecule has 1 aromatic heterocycles. The van der Waals surface area contributed by atoms with E-state index >= 15 is 0 Å². The third-order valence-electron chi connectivity index (χ3n) is 2.26. The van der Waals surface area contributed by atoms with Gasteiger partial charge in [-0.05, 0) is 30.7 Å². The molecular formula is C11H12BrN3. The molecular weight excluding hydrogens is 254 g/mol. The molecule has 0 radical (unpaired) electrons. The molecule has 2 aromatic rings. The van der Waals surface area contributed by atoms with Crippen LogP contribution in [0.25, 0.3) is 0 Å². The molecule has 1 heterocycles. The van der Waals surface area contributed by atoms with Crippen LogP contribution < -0.4 is 5.32 Å². The van der Waals surface area contributed by atoms with Crippen LogP contribution >= 0.6 is 15.9 Å². The van der Waals surface area contributed by atoms with Crippen molar-refractivity contribution in [3.8, 4) is 0 Å². The lowest BCUT2D eigenvalue weighted by molar-refractivity contribution is 0.924. The Morgan fingerprint density at radius 2 is 2.20 bits per heavy atom. The average Bonchev–Trinajstić information content (AvgIpc) is 2.57. The molecule has 0 aliphatic rings. The van der Waals surface area contributed by atoms with Crippen LogP contribution in [0, 0.1) is 6.92 Å². The summed E-state index contributed by atoms with van der Waals surface area (Å²) in [6.07, 6.45) is 3.69. The van der Waals surface area contributed by atoms with E-state index in [1.807, 2.05) is 29.9 Å². The quantitative estimate of drug-likeness (QED) is 0.904. The van der Waals surface area contributed by atoms with E-state index in [4.69, 9.17) is 0 Å². The summed E-state index contributed by atoms with van der Waals surface area (Å²) in [5.74, 6) is 0.848. The Labute approximate surface area is 97.3 Å². The van der Waals surface area contributed by atoms with E-state index in [0.717, 1.165) is 16.1 Å². The van der Waals surface area contributed by atoms with Crippen molar-refractivity contribution in [2.45, 2.75) is 6.92 Å². The van der Waals surface area contributed by atoms with Gasteiger partial charge in [-0.15, -0.1) is 0 Å². The normalized spacial score (nSPS) is 10.3. The molecule has 2 rings (SSSR count). The second kappa shape index (κ2) is 4.06. The summed E-state index contributed by atoms with van der Waals surface area (Å²) in [4.78, 5) is 4.21. The Morgan fingerprint density at radius 3 is 2.80 bits per heavy atom. The van der Waals surface area contributed by atoms with E-state index in [1.54, 1.807) is 6.20 Å². The fourth-order valence-electron chi connectivity index (χ4n) is 1.37. The van der Waals surface area contributed by atoms with Crippen molar-refractivity contribution in [3.05, 3.63) is 40.6 Å². The molecule has 0 spiro atoms. The third kappa shape index (κ3) is 2.21. The number of anilines is 2. The molecule has 0 aliphatic heterocycles. The van der Waals surface area contributed by atoms with E-state index in [2.05, 4.69) is 39.2 Å². The van der Waals surface area contributed by atoms with Crippen molar-refractivity contribution in [2.75, 3.05) is 5.32 Å². The van der Waals surface area contributed by atoms with Gasteiger partial charge in [-0.2, -0.15) is 0 Å². The summed E-state index contributed by atoms with van der Waals surface area (Å²) in [6.45, 7) is 2.07. The minimum absolute atomic E-state index is 0.848. The summed E-state index contributed by atoms with van der Waals surface area (Å²) in [7, 11) is 1.96. The smallest absolute Gasteiger partial charge is 0.207 e. The minimum atomic E-state index is 0.848. The number of aryl methyl sites for hydroxylation is 2. The zero-order chi connectivity index (χ0) is 10.8. The molecule has 0 saturated heterocycles. The van der Waals surface area contributed by atoms with E-state index in [9.17, 15) is 0 Å². The molecule has 0 bridgehead atoms. The molecule has 78 valence electrons. The van der Waals surface area contributed by atoms with E-state index in [1.165, 1.54) is 5.56 Å². The predicted molar refractivity (Wildman–Crippen MR) is 65.4 cm³/mol. The Kier molecular flexibility index (Phi) is 2.77. The lowest BCUT2D eigenvalue weighted by Crippen LogP contribution is -1.99. The van der Waals surface area contributed by atoms with Crippen LogP contribution in [0.1, 0.15) is 5.56 Å². The number of aromatic nitrogens is 2. The molecule has 15 heavy (non-hydrogen) atoms. The summed E-state index contributed by atoms with van der Waals surface area (Å²) < 4.78 is 3.03.